The lowest BCUT2D eigenvalue weighted by molar-refractivity contribution is -0.132. The zero-order valence-electron chi connectivity index (χ0n) is 13.6. The zero-order valence-corrected chi connectivity index (χ0v) is 15.2. The molecule has 0 spiro atoms. The highest BCUT2D eigenvalue weighted by atomic mass is 35.5. The topological polar surface area (TPSA) is 46.3 Å². The van der Waals surface area contributed by atoms with Crippen LogP contribution < -0.4 is 5.73 Å². The third-order valence-electron chi connectivity index (χ3n) is 4.22. The fourth-order valence-electron chi connectivity index (χ4n) is 2.98. The first-order chi connectivity index (χ1) is 11.3. The minimum Gasteiger partial charge on any atom is -0.341 e. The summed E-state index contributed by atoms with van der Waals surface area (Å²) in [7, 11) is 0. The lowest BCUT2D eigenvalue weighted by Crippen LogP contribution is -2.40. The van der Waals surface area contributed by atoms with E-state index in [0.717, 1.165) is 18.7 Å². The first kappa shape index (κ1) is 18.8. The zero-order chi connectivity index (χ0) is 16.1. The number of thioether (sulfide) groups is 1. The van der Waals surface area contributed by atoms with Gasteiger partial charge in [-0.2, -0.15) is 0 Å². The van der Waals surface area contributed by atoms with Gasteiger partial charge in [0.15, 0.2) is 0 Å². The van der Waals surface area contributed by atoms with E-state index < -0.39 is 0 Å². The predicted molar refractivity (Wildman–Crippen MR) is 103 cm³/mol. The molecule has 1 atom stereocenters. The third kappa shape index (κ3) is 4.32. The number of amides is 1. The Bertz CT molecular complexity index is 665. The van der Waals surface area contributed by atoms with E-state index in [1.165, 1.54) is 16.0 Å². The van der Waals surface area contributed by atoms with Crippen molar-refractivity contribution < 1.29 is 4.79 Å². The van der Waals surface area contributed by atoms with Gasteiger partial charge in [-0.25, -0.2) is 0 Å². The molecule has 1 aliphatic heterocycles. The van der Waals surface area contributed by atoms with Gasteiger partial charge in [-0.3, -0.25) is 4.79 Å². The van der Waals surface area contributed by atoms with Crippen molar-refractivity contribution >= 4 is 30.1 Å². The molecular weight excluding hydrogens is 340 g/mol. The van der Waals surface area contributed by atoms with Crippen molar-refractivity contribution in [2.75, 3.05) is 25.4 Å². The maximum Gasteiger partial charge on any atom is 0.231 e. The standard InChI is InChI=1S/C19H22N2OS.ClH/c20-11-13-21(12-10-15-6-2-1-3-7-15)19(22)17-14-23-18-9-5-4-8-16(17)18;/h1-9,17H,10-14,20H2;1H. The van der Waals surface area contributed by atoms with Gasteiger partial charge in [-0.05, 0) is 23.6 Å². The van der Waals surface area contributed by atoms with Gasteiger partial charge in [0.1, 0.15) is 0 Å². The van der Waals surface area contributed by atoms with Crippen LogP contribution in [0.2, 0.25) is 0 Å². The van der Waals surface area contributed by atoms with Gasteiger partial charge in [-0.15, -0.1) is 24.2 Å². The second kappa shape index (κ2) is 9.11. The quantitative estimate of drug-likeness (QED) is 0.857. The molecule has 2 aromatic carbocycles. The van der Waals surface area contributed by atoms with Crippen LogP contribution in [0.1, 0.15) is 17.0 Å². The van der Waals surface area contributed by atoms with E-state index in [2.05, 4.69) is 24.3 Å². The molecule has 2 aromatic rings. The fourth-order valence-corrected chi connectivity index (χ4v) is 4.20. The van der Waals surface area contributed by atoms with Gasteiger partial charge in [0.25, 0.3) is 0 Å². The smallest absolute Gasteiger partial charge is 0.231 e. The number of benzene rings is 2. The van der Waals surface area contributed by atoms with E-state index >= 15 is 0 Å². The van der Waals surface area contributed by atoms with Crippen molar-refractivity contribution in [3.63, 3.8) is 0 Å². The van der Waals surface area contributed by atoms with E-state index in [9.17, 15) is 4.79 Å². The summed E-state index contributed by atoms with van der Waals surface area (Å²) in [4.78, 5) is 16.1. The van der Waals surface area contributed by atoms with Gasteiger partial charge in [0.05, 0.1) is 5.92 Å². The number of halogens is 1. The van der Waals surface area contributed by atoms with Crippen LogP contribution >= 0.6 is 24.2 Å². The van der Waals surface area contributed by atoms with E-state index in [-0.39, 0.29) is 24.2 Å². The lowest BCUT2D eigenvalue weighted by atomic mass is 9.99. The number of hydrogen-bond acceptors (Lipinski definition) is 3. The Morgan fingerprint density at radius 2 is 1.79 bits per heavy atom. The molecule has 1 unspecified atom stereocenters. The number of hydrogen-bond donors (Lipinski definition) is 1. The molecule has 1 amide bonds. The van der Waals surface area contributed by atoms with Gasteiger partial charge in [0.2, 0.25) is 5.91 Å². The molecule has 0 saturated carbocycles. The molecule has 1 heterocycles. The van der Waals surface area contributed by atoms with E-state index in [0.29, 0.717) is 13.1 Å². The van der Waals surface area contributed by atoms with Crippen molar-refractivity contribution in [3.8, 4) is 0 Å². The SMILES string of the molecule is Cl.NCCN(CCc1ccccc1)C(=O)C1CSc2ccccc21. The molecule has 0 saturated heterocycles. The first-order valence-electron chi connectivity index (χ1n) is 8.04. The van der Waals surface area contributed by atoms with E-state index in [4.69, 9.17) is 5.73 Å². The number of fused-ring (bicyclic) bond motifs is 1. The molecular formula is C19H23ClN2OS. The first-order valence-corrected chi connectivity index (χ1v) is 9.02. The maximum absolute atomic E-state index is 13.0. The minimum absolute atomic E-state index is 0. The monoisotopic (exact) mass is 362 g/mol. The van der Waals surface area contributed by atoms with Gasteiger partial charge in [0, 0.05) is 30.3 Å². The van der Waals surface area contributed by atoms with Crippen molar-refractivity contribution in [1.29, 1.82) is 0 Å². The van der Waals surface area contributed by atoms with Gasteiger partial charge in [-0.1, -0.05) is 48.5 Å². The second-order valence-corrected chi connectivity index (χ2v) is 6.81. The predicted octanol–water partition coefficient (Wildman–Crippen LogP) is 3.33. The summed E-state index contributed by atoms with van der Waals surface area (Å²) >= 11 is 1.78. The maximum atomic E-state index is 13.0. The Morgan fingerprint density at radius 3 is 2.54 bits per heavy atom. The fraction of sp³-hybridized carbons (Fsp3) is 0.316. The summed E-state index contributed by atoms with van der Waals surface area (Å²) in [5.74, 6) is 1.02. The number of rotatable bonds is 6. The number of carbonyl (C=O) groups excluding carboxylic acids is 1. The summed E-state index contributed by atoms with van der Waals surface area (Å²) < 4.78 is 0. The molecule has 0 fully saturated rings. The summed E-state index contributed by atoms with van der Waals surface area (Å²) in [6.07, 6.45) is 0.869. The summed E-state index contributed by atoms with van der Waals surface area (Å²) in [5.41, 5.74) is 8.15. The average Bonchev–Trinajstić information content (AvgIpc) is 3.03. The number of nitrogens with two attached hydrogens (primary N) is 1. The molecule has 0 aliphatic carbocycles. The third-order valence-corrected chi connectivity index (χ3v) is 5.40. The Kier molecular flexibility index (Phi) is 7.16. The molecule has 2 N–H and O–H groups in total. The summed E-state index contributed by atoms with van der Waals surface area (Å²) in [5, 5.41) is 0. The highest BCUT2D eigenvalue weighted by Gasteiger charge is 2.31. The molecule has 24 heavy (non-hydrogen) atoms. The van der Waals surface area contributed by atoms with Crippen molar-refractivity contribution in [2.45, 2.75) is 17.2 Å². The highest BCUT2D eigenvalue weighted by molar-refractivity contribution is 7.99. The van der Waals surface area contributed by atoms with Crippen LogP contribution in [-0.4, -0.2) is 36.2 Å². The molecule has 0 radical (unpaired) electrons. The summed E-state index contributed by atoms with van der Waals surface area (Å²) in [6.45, 7) is 1.85. The number of carbonyl (C=O) groups is 1. The van der Waals surface area contributed by atoms with Crippen LogP contribution in [0.15, 0.2) is 59.5 Å². The highest BCUT2D eigenvalue weighted by Crippen LogP contribution is 2.40. The Labute approximate surface area is 154 Å². The molecule has 3 rings (SSSR count). The Balaban J connectivity index is 0.00000208. The average molecular weight is 363 g/mol. The normalized spacial score (nSPS) is 15.5. The number of nitrogens with zero attached hydrogens (tertiary/aromatic N) is 1. The Morgan fingerprint density at radius 1 is 1.08 bits per heavy atom. The van der Waals surface area contributed by atoms with Gasteiger partial charge >= 0.3 is 0 Å². The molecule has 0 bridgehead atoms. The van der Waals surface area contributed by atoms with Crippen LogP contribution in [0.3, 0.4) is 0 Å². The van der Waals surface area contributed by atoms with Gasteiger partial charge < -0.3 is 10.6 Å². The molecule has 3 nitrogen and oxygen atoms in total. The molecule has 1 aliphatic rings. The minimum atomic E-state index is -0.0291. The van der Waals surface area contributed by atoms with Crippen LogP contribution in [0.25, 0.3) is 0 Å². The van der Waals surface area contributed by atoms with Crippen molar-refractivity contribution in [2.24, 2.45) is 5.73 Å². The second-order valence-electron chi connectivity index (χ2n) is 5.75. The van der Waals surface area contributed by atoms with Crippen LogP contribution in [0, 0.1) is 0 Å². The molecule has 128 valence electrons. The van der Waals surface area contributed by atoms with E-state index in [1.54, 1.807) is 11.8 Å². The van der Waals surface area contributed by atoms with E-state index in [1.807, 2.05) is 35.2 Å². The lowest BCUT2D eigenvalue weighted by Gasteiger charge is -2.25. The van der Waals surface area contributed by atoms with Crippen molar-refractivity contribution in [1.82, 2.24) is 4.90 Å². The van der Waals surface area contributed by atoms with Crippen LogP contribution in [0.5, 0.6) is 0 Å². The summed E-state index contributed by atoms with van der Waals surface area (Å²) in [6, 6.07) is 18.5. The molecule has 5 heteroatoms. The largest absolute Gasteiger partial charge is 0.341 e. The van der Waals surface area contributed by atoms with Crippen molar-refractivity contribution in [3.05, 3.63) is 65.7 Å². The van der Waals surface area contributed by atoms with Crippen LogP contribution in [0.4, 0.5) is 0 Å². The van der Waals surface area contributed by atoms with Crippen LogP contribution in [-0.2, 0) is 11.2 Å². The molecule has 0 aromatic heterocycles. The Hall–Kier alpha value is -1.49.